The first-order chi connectivity index (χ1) is 11.1. The normalized spacial score (nSPS) is 16.9. The van der Waals surface area contributed by atoms with Crippen LogP contribution in [0.5, 0.6) is 0 Å². The second-order valence-corrected chi connectivity index (χ2v) is 6.98. The van der Waals surface area contributed by atoms with Crippen LogP contribution in [0, 0.1) is 5.82 Å². The van der Waals surface area contributed by atoms with Gasteiger partial charge >= 0.3 is 12.1 Å². The van der Waals surface area contributed by atoms with Crippen molar-refractivity contribution >= 4 is 17.7 Å². The zero-order chi connectivity index (χ0) is 18.1. The molecule has 1 fully saturated rings. The lowest BCUT2D eigenvalue weighted by Gasteiger charge is -2.23. The number of halogens is 1. The van der Waals surface area contributed by atoms with E-state index in [1.165, 1.54) is 25.3 Å². The Labute approximate surface area is 140 Å². The fourth-order valence-corrected chi connectivity index (χ4v) is 2.64. The van der Waals surface area contributed by atoms with Gasteiger partial charge in [-0.25, -0.2) is 9.18 Å². The molecule has 7 heteroatoms. The Morgan fingerprint density at radius 2 is 1.96 bits per heavy atom. The Bertz CT molecular complexity index is 650. The minimum atomic E-state index is -0.950. The summed E-state index contributed by atoms with van der Waals surface area (Å²) in [6.07, 6.45) is 0.522. The van der Waals surface area contributed by atoms with E-state index in [1.54, 1.807) is 20.8 Å². The first-order valence-electron chi connectivity index (χ1n) is 7.72. The number of methoxy groups -OCH3 is 1. The smallest absolute Gasteiger partial charge is 0.412 e. The third-order valence-corrected chi connectivity index (χ3v) is 3.99. The van der Waals surface area contributed by atoms with Gasteiger partial charge < -0.3 is 15.2 Å². The molecule has 1 aliphatic carbocycles. The molecule has 1 aromatic rings. The lowest BCUT2D eigenvalue weighted by atomic mass is 9.87. The van der Waals surface area contributed by atoms with Crippen LogP contribution in [-0.2, 0) is 19.7 Å². The summed E-state index contributed by atoms with van der Waals surface area (Å²) in [5.74, 6) is -1.06. The van der Waals surface area contributed by atoms with E-state index in [9.17, 15) is 14.0 Å². The summed E-state index contributed by atoms with van der Waals surface area (Å²) in [5, 5.41) is 2.56. The molecule has 0 heterocycles. The maximum absolute atomic E-state index is 14.3. The van der Waals surface area contributed by atoms with E-state index < -0.39 is 34.9 Å². The van der Waals surface area contributed by atoms with Gasteiger partial charge in [0.2, 0.25) is 0 Å². The fourth-order valence-electron chi connectivity index (χ4n) is 2.64. The van der Waals surface area contributed by atoms with Gasteiger partial charge in [-0.15, -0.1) is 0 Å². The number of hydrogen-bond donors (Lipinski definition) is 2. The van der Waals surface area contributed by atoms with Crippen LogP contribution in [0.3, 0.4) is 0 Å². The molecule has 0 saturated heterocycles. The molecule has 1 aromatic carbocycles. The van der Waals surface area contributed by atoms with Crippen molar-refractivity contribution in [3.63, 3.8) is 0 Å². The number of nitrogens with two attached hydrogens (primary N) is 1. The maximum atomic E-state index is 14.3. The van der Waals surface area contributed by atoms with Crippen molar-refractivity contribution in [3.05, 3.63) is 29.6 Å². The summed E-state index contributed by atoms with van der Waals surface area (Å²) < 4.78 is 24.1. The van der Waals surface area contributed by atoms with Crippen LogP contribution >= 0.6 is 0 Å². The summed E-state index contributed by atoms with van der Waals surface area (Å²) in [6.45, 7) is 5.24. The second-order valence-electron chi connectivity index (χ2n) is 6.98. The summed E-state index contributed by atoms with van der Waals surface area (Å²) in [7, 11) is 1.25. The highest BCUT2D eigenvalue weighted by atomic mass is 19.1. The van der Waals surface area contributed by atoms with Gasteiger partial charge in [-0.05, 0) is 57.4 Å². The minimum Gasteiger partial charge on any atom is -0.468 e. The topological polar surface area (TPSA) is 90.6 Å². The SMILES string of the molecule is COC(=O)C(N)C1(c2cc(NC(=O)OC(C)(C)C)ccc2F)CC1. The van der Waals surface area contributed by atoms with Crippen LogP contribution in [0.4, 0.5) is 14.9 Å². The number of ether oxygens (including phenoxy) is 2. The van der Waals surface area contributed by atoms with Crippen molar-refractivity contribution in [2.45, 2.75) is 50.7 Å². The summed E-state index contributed by atoms with van der Waals surface area (Å²) in [4.78, 5) is 23.6. The van der Waals surface area contributed by atoms with Crippen LogP contribution in [0.25, 0.3) is 0 Å². The number of amides is 1. The molecule has 6 nitrogen and oxygen atoms in total. The number of anilines is 1. The van der Waals surface area contributed by atoms with Gasteiger partial charge in [-0.1, -0.05) is 0 Å². The monoisotopic (exact) mass is 338 g/mol. The lowest BCUT2D eigenvalue weighted by molar-refractivity contribution is -0.143. The van der Waals surface area contributed by atoms with Crippen molar-refractivity contribution in [2.24, 2.45) is 5.73 Å². The van der Waals surface area contributed by atoms with E-state index in [-0.39, 0.29) is 0 Å². The van der Waals surface area contributed by atoms with Crippen LogP contribution < -0.4 is 11.1 Å². The van der Waals surface area contributed by atoms with Gasteiger partial charge in [0.25, 0.3) is 0 Å². The molecule has 1 saturated carbocycles. The Kier molecular flexibility index (Phi) is 4.85. The Morgan fingerprint density at radius 3 is 2.46 bits per heavy atom. The minimum absolute atomic E-state index is 0.300. The molecule has 1 atom stereocenters. The Balaban J connectivity index is 2.24. The third kappa shape index (κ3) is 3.84. The highest BCUT2D eigenvalue weighted by Gasteiger charge is 2.54. The average molecular weight is 338 g/mol. The summed E-state index contributed by atoms with van der Waals surface area (Å²) in [6, 6.07) is 3.22. The van der Waals surface area contributed by atoms with Gasteiger partial charge in [0.1, 0.15) is 17.5 Å². The van der Waals surface area contributed by atoms with Gasteiger partial charge in [0.15, 0.2) is 0 Å². The van der Waals surface area contributed by atoms with Crippen LogP contribution in [-0.4, -0.2) is 30.8 Å². The quantitative estimate of drug-likeness (QED) is 0.824. The summed E-state index contributed by atoms with van der Waals surface area (Å²) >= 11 is 0. The maximum Gasteiger partial charge on any atom is 0.412 e. The van der Waals surface area contributed by atoms with E-state index in [0.717, 1.165) is 0 Å². The number of rotatable bonds is 4. The number of carbonyl (C=O) groups excluding carboxylic acids is 2. The largest absolute Gasteiger partial charge is 0.468 e. The number of carbonyl (C=O) groups is 2. The molecule has 1 aliphatic rings. The molecule has 0 radical (unpaired) electrons. The van der Waals surface area contributed by atoms with Crippen LogP contribution in [0.1, 0.15) is 39.2 Å². The zero-order valence-corrected chi connectivity index (χ0v) is 14.3. The molecule has 2 rings (SSSR count). The van der Waals surface area contributed by atoms with Crippen molar-refractivity contribution < 1.29 is 23.5 Å². The molecule has 132 valence electrons. The molecule has 1 amide bonds. The molecule has 0 aromatic heterocycles. The molecule has 0 aliphatic heterocycles. The zero-order valence-electron chi connectivity index (χ0n) is 14.3. The predicted octanol–water partition coefficient (Wildman–Crippen LogP) is 2.70. The summed E-state index contributed by atoms with van der Waals surface area (Å²) in [5.41, 5.74) is 5.20. The molecule has 1 unspecified atom stereocenters. The second kappa shape index (κ2) is 6.39. The van der Waals surface area contributed by atoms with Crippen molar-refractivity contribution in [3.8, 4) is 0 Å². The first kappa shape index (κ1) is 18.2. The highest BCUT2D eigenvalue weighted by Crippen LogP contribution is 2.52. The number of hydrogen-bond acceptors (Lipinski definition) is 5. The average Bonchev–Trinajstić information content (AvgIpc) is 3.27. The van der Waals surface area contributed by atoms with Gasteiger partial charge in [-0.2, -0.15) is 0 Å². The number of nitrogens with one attached hydrogen (secondary N) is 1. The van der Waals surface area contributed by atoms with Gasteiger partial charge in [-0.3, -0.25) is 10.1 Å². The van der Waals surface area contributed by atoms with Gasteiger partial charge in [0.05, 0.1) is 7.11 Å². The third-order valence-electron chi connectivity index (χ3n) is 3.99. The lowest BCUT2D eigenvalue weighted by Crippen LogP contribution is -2.43. The molecule has 24 heavy (non-hydrogen) atoms. The van der Waals surface area contributed by atoms with Crippen molar-refractivity contribution in [1.29, 1.82) is 0 Å². The fraction of sp³-hybridized carbons (Fsp3) is 0.529. The van der Waals surface area contributed by atoms with E-state index >= 15 is 0 Å². The Morgan fingerprint density at radius 1 is 1.33 bits per heavy atom. The number of benzene rings is 1. The number of esters is 1. The first-order valence-corrected chi connectivity index (χ1v) is 7.72. The molecule has 0 spiro atoms. The Hall–Kier alpha value is -2.15. The molecule has 3 N–H and O–H groups in total. The predicted molar refractivity (Wildman–Crippen MR) is 87.2 cm³/mol. The van der Waals surface area contributed by atoms with Crippen LogP contribution in [0.15, 0.2) is 18.2 Å². The highest BCUT2D eigenvalue weighted by molar-refractivity contribution is 5.85. The molecular formula is C17H23FN2O4. The van der Waals surface area contributed by atoms with Crippen LogP contribution in [0.2, 0.25) is 0 Å². The molecular weight excluding hydrogens is 315 g/mol. The van der Waals surface area contributed by atoms with Gasteiger partial charge in [0, 0.05) is 11.1 Å². The van der Waals surface area contributed by atoms with E-state index in [0.29, 0.717) is 24.1 Å². The van der Waals surface area contributed by atoms with E-state index in [2.05, 4.69) is 10.1 Å². The van der Waals surface area contributed by atoms with Crippen molar-refractivity contribution in [1.82, 2.24) is 0 Å². The standard InChI is InChI=1S/C17H23FN2O4/c1-16(2,3)24-15(22)20-10-5-6-12(18)11(9-10)17(7-8-17)13(19)14(21)23-4/h5-6,9,13H,7-8,19H2,1-4H3,(H,20,22). The molecule has 0 bridgehead atoms. The van der Waals surface area contributed by atoms with E-state index in [4.69, 9.17) is 10.5 Å². The van der Waals surface area contributed by atoms with Crippen molar-refractivity contribution in [2.75, 3.05) is 12.4 Å². The van der Waals surface area contributed by atoms with E-state index in [1.807, 2.05) is 0 Å².